The molecule has 1 aliphatic rings. The second-order valence-electron chi connectivity index (χ2n) is 5.78. The molecule has 1 aromatic rings. The molecule has 20 heavy (non-hydrogen) atoms. The van der Waals surface area contributed by atoms with E-state index in [1.54, 1.807) is 26.0 Å². The van der Waals surface area contributed by atoms with Crippen LogP contribution in [0.5, 0.6) is 0 Å². The van der Waals surface area contributed by atoms with Gasteiger partial charge in [-0.3, -0.25) is 4.79 Å². The monoisotopic (exact) mass is 275 g/mol. The molecule has 2 N–H and O–H groups in total. The standard InChI is InChI=1S/C16H21NO3/c1-10(2)14(16(19)20)17-15(18)13-8-6-12(7-9-13)11-4-3-5-11/h6-11,14H,3-5H2,1-2H3,(H,17,18)(H,19,20)/t14-/m1/s1. The first-order valence-electron chi connectivity index (χ1n) is 7.12. The van der Waals surface area contributed by atoms with Crippen LogP contribution in [0.15, 0.2) is 24.3 Å². The van der Waals surface area contributed by atoms with Crippen LogP contribution in [-0.4, -0.2) is 23.0 Å². The van der Waals surface area contributed by atoms with Crippen LogP contribution in [0.1, 0.15) is 54.9 Å². The van der Waals surface area contributed by atoms with E-state index < -0.39 is 12.0 Å². The van der Waals surface area contributed by atoms with Gasteiger partial charge >= 0.3 is 5.97 Å². The molecule has 1 fully saturated rings. The maximum Gasteiger partial charge on any atom is 0.326 e. The highest BCUT2D eigenvalue weighted by molar-refractivity contribution is 5.96. The molecule has 0 bridgehead atoms. The van der Waals surface area contributed by atoms with Gasteiger partial charge < -0.3 is 10.4 Å². The Balaban J connectivity index is 2.03. The summed E-state index contributed by atoms with van der Waals surface area (Å²) < 4.78 is 0. The summed E-state index contributed by atoms with van der Waals surface area (Å²) in [6.07, 6.45) is 3.72. The van der Waals surface area contributed by atoms with E-state index in [0.717, 1.165) is 0 Å². The van der Waals surface area contributed by atoms with E-state index in [2.05, 4.69) is 5.32 Å². The lowest BCUT2D eigenvalue weighted by Gasteiger charge is -2.25. The zero-order valence-corrected chi connectivity index (χ0v) is 11.9. The fourth-order valence-corrected chi connectivity index (χ4v) is 2.39. The van der Waals surface area contributed by atoms with Gasteiger partial charge in [0.05, 0.1) is 0 Å². The van der Waals surface area contributed by atoms with Crippen molar-refractivity contribution in [1.29, 1.82) is 0 Å². The van der Waals surface area contributed by atoms with Gasteiger partial charge in [-0.25, -0.2) is 4.79 Å². The summed E-state index contributed by atoms with van der Waals surface area (Å²) in [7, 11) is 0. The first-order chi connectivity index (χ1) is 9.49. The SMILES string of the molecule is CC(C)[C@@H](NC(=O)c1ccc(C2CCC2)cc1)C(=O)O. The molecule has 4 heteroatoms. The first kappa shape index (κ1) is 14.6. The second-order valence-corrected chi connectivity index (χ2v) is 5.78. The summed E-state index contributed by atoms with van der Waals surface area (Å²) in [4.78, 5) is 23.1. The molecule has 0 heterocycles. The van der Waals surface area contributed by atoms with Gasteiger partial charge in [0.2, 0.25) is 0 Å². The van der Waals surface area contributed by atoms with Crippen molar-refractivity contribution in [3.63, 3.8) is 0 Å². The summed E-state index contributed by atoms with van der Waals surface area (Å²) in [5.74, 6) is -0.842. The van der Waals surface area contributed by atoms with Crippen molar-refractivity contribution in [2.24, 2.45) is 5.92 Å². The molecule has 108 valence electrons. The topological polar surface area (TPSA) is 66.4 Å². The van der Waals surface area contributed by atoms with Crippen LogP contribution in [0.3, 0.4) is 0 Å². The van der Waals surface area contributed by atoms with Gasteiger partial charge in [0.1, 0.15) is 6.04 Å². The van der Waals surface area contributed by atoms with E-state index in [9.17, 15) is 9.59 Å². The highest BCUT2D eigenvalue weighted by Gasteiger charge is 2.24. The third-order valence-corrected chi connectivity index (χ3v) is 3.97. The second kappa shape index (κ2) is 6.07. The maximum atomic E-state index is 12.1. The number of carbonyl (C=O) groups excluding carboxylic acids is 1. The molecular weight excluding hydrogens is 254 g/mol. The van der Waals surface area contributed by atoms with E-state index in [4.69, 9.17) is 5.11 Å². The zero-order chi connectivity index (χ0) is 14.7. The molecule has 4 nitrogen and oxygen atoms in total. The van der Waals surface area contributed by atoms with Crippen molar-refractivity contribution in [3.8, 4) is 0 Å². The average molecular weight is 275 g/mol. The van der Waals surface area contributed by atoms with E-state index in [-0.39, 0.29) is 11.8 Å². The Morgan fingerprint density at radius 1 is 1.20 bits per heavy atom. The Kier molecular flexibility index (Phi) is 4.42. The van der Waals surface area contributed by atoms with Gasteiger partial charge in [-0.2, -0.15) is 0 Å². The van der Waals surface area contributed by atoms with E-state index >= 15 is 0 Å². The van der Waals surface area contributed by atoms with Crippen molar-refractivity contribution in [2.75, 3.05) is 0 Å². The zero-order valence-electron chi connectivity index (χ0n) is 11.9. The van der Waals surface area contributed by atoms with Crippen molar-refractivity contribution >= 4 is 11.9 Å². The molecule has 0 unspecified atom stereocenters. The molecule has 0 aromatic heterocycles. The van der Waals surface area contributed by atoms with Crippen LogP contribution in [0.2, 0.25) is 0 Å². The van der Waals surface area contributed by atoms with Gasteiger partial charge in [-0.1, -0.05) is 32.4 Å². The van der Waals surface area contributed by atoms with Gasteiger partial charge in [0, 0.05) is 5.56 Å². The molecule has 1 aliphatic carbocycles. The highest BCUT2D eigenvalue weighted by Crippen LogP contribution is 2.36. The molecular formula is C16H21NO3. The van der Waals surface area contributed by atoms with E-state index in [1.807, 2.05) is 12.1 Å². The highest BCUT2D eigenvalue weighted by atomic mass is 16.4. The van der Waals surface area contributed by atoms with Crippen molar-refractivity contribution in [2.45, 2.75) is 45.1 Å². The van der Waals surface area contributed by atoms with E-state index in [0.29, 0.717) is 11.5 Å². The summed E-state index contributed by atoms with van der Waals surface area (Å²) in [6, 6.07) is 6.66. The van der Waals surface area contributed by atoms with Crippen LogP contribution < -0.4 is 5.32 Å². The van der Waals surface area contributed by atoms with E-state index in [1.165, 1.54) is 24.8 Å². The minimum absolute atomic E-state index is 0.148. The number of nitrogens with one attached hydrogen (secondary N) is 1. The largest absolute Gasteiger partial charge is 0.480 e. The number of hydrogen-bond donors (Lipinski definition) is 2. The molecule has 2 rings (SSSR count). The summed E-state index contributed by atoms with van der Waals surface area (Å²) >= 11 is 0. The Bertz CT molecular complexity index is 489. The molecule has 0 saturated heterocycles. The molecule has 0 spiro atoms. The van der Waals surface area contributed by atoms with Gasteiger partial charge in [0.15, 0.2) is 0 Å². The number of carboxylic acids is 1. The number of hydrogen-bond acceptors (Lipinski definition) is 2. The molecule has 1 saturated carbocycles. The minimum atomic E-state index is -1.00. The molecule has 1 amide bonds. The predicted octanol–water partition coefficient (Wildman–Crippen LogP) is 2.79. The minimum Gasteiger partial charge on any atom is -0.480 e. The lowest BCUT2D eigenvalue weighted by atomic mass is 9.80. The third kappa shape index (κ3) is 3.18. The number of carbonyl (C=O) groups is 2. The number of benzene rings is 1. The number of aliphatic carboxylic acids is 1. The Labute approximate surface area is 119 Å². The van der Waals surface area contributed by atoms with Crippen molar-refractivity contribution < 1.29 is 14.7 Å². The fourth-order valence-electron chi connectivity index (χ4n) is 2.39. The number of rotatable bonds is 5. The van der Waals surface area contributed by atoms with Crippen LogP contribution in [0.25, 0.3) is 0 Å². The number of carboxylic acid groups (broad SMARTS) is 1. The van der Waals surface area contributed by atoms with Crippen LogP contribution in [0, 0.1) is 5.92 Å². The Morgan fingerprint density at radius 2 is 1.80 bits per heavy atom. The molecule has 0 aliphatic heterocycles. The van der Waals surface area contributed by atoms with Crippen molar-refractivity contribution in [1.82, 2.24) is 5.32 Å². The quantitative estimate of drug-likeness (QED) is 0.868. The summed E-state index contributed by atoms with van der Waals surface area (Å²) in [6.45, 7) is 3.55. The van der Waals surface area contributed by atoms with Crippen LogP contribution in [-0.2, 0) is 4.79 Å². The lowest BCUT2D eigenvalue weighted by Crippen LogP contribution is -2.44. The van der Waals surface area contributed by atoms with Gasteiger partial charge in [-0.15, -0.1) is 0 Å². The number of amides is 1. The lowest BCUT2D eigenvalue weighted by molar-refractivity contribution is -0.140. The van der Waals surface area contributed by atoms with Crippen molar-refractivity contribution in [3.05, 3.63) is 35.4 Å². The normalized spacial score (nSPS) is 16.6. The molecule has 1 atom stereocenters. The summed E-state index contributed by atoms with van der Waals surface area (Å²) in [5.41, 5.74) is 1.78. The first-order valence-corrected chi connectivity index (χ1v) is 7.12. The van der Waals surface area contributed by atoms with Gasteiger partial charge in [0.25, 0.3) is 5.91 Å². The predicted molar refractivity (Wildman–Crippen MR) is 76.8 cm³/mol. The van der Waals surface area contributed by atoms with Gasteiger partial charge in [-0.05, 0) is 42.4 Å². The molecule has 0 radical (unpaired) electrons. The third-order valence-electron chi connectivity index (χ3n) is 3.97. The van der Waals surface area contributed by atoms with Crippen LogP contribution >= 0.6 is 0 Å². The smallest absolute Gasteiger partial charge is 0.326 e. The Hall–Kier alpha value is -1.84. The maximum absolute atomic E-state index is 12.1. The average Bonchev–Trinajstić information content (AvgIpc) is 2.33. The Morgan fingerprint density at radius 3 is 2.20 bits per heavy atom. The summed E-state index contributed by atoms with van der Waals surface area (Å²) in [5, 5.41) is 11.7. The fraction of sp³-hybridized carbons (Fsp3) is 0.500. The van der Waals surface area contributed by atoms with Crippen LogP contribution in [0.4, 0.5) is 0 Å². The molecule has 1 aromatic carbocycles.